The van der Waals surface area contributed by atoms with Crippen molar-refractivity contribution in [1.29, 1.82) is 0 Å². The Morgan fingerprint density at radius 2 is 1.88 bits per heavy atom. The average molecular weight is 342 g/mol. The van der Waals surface area contributed by atoms with E-state index in [1.54, 1.807) is 36.4 Å². The highest BCUT2D eigenvalue weighted by Crippen LogP contribution is 2.47. The highest BCUT2D eigenvalue weighted by atomic mass is 32.2. The minimum atomic E-state index is -3.59. The lowest BCUT2D eigenvalue weighted by atomic mass is 9.98. The van der Waals surface area contributed by atoms with Crippen molar-refractivity contribution in [3.63, 3.8) is 0 Å². The zero-order valence-corrected chi connectivity index (χ0v) is 13.7. The third-order valence-electron chi connectivity index (χ3n) is 4.17. The normalized spacial score (nSPS) is 18.7. The fourth-order valence-corrected chi connectivity index (χ4v) is 4.88. The van der Waals surface area contributed by atoms with E-state index in [2.05, 4.69) is 5.16 Å². The van der Waals surface area contributed by atoms with Crippen LogP contribution < -0.4 is 4.90 Å². The van der Waals surface area contributed by atoms with Crippen LogP contribution in [0.15, 0.2) is 57.4 Å². The van der Waals surface area contributed by atoms with Crippen LogP contribution >= 0.6 is 0 Å². The van der Waals surface area contributed by atoms with Crippen molar-refractivity contribution in [2.45, 2.75) is 23.1 Å². The number of fused-ring (bicyclic) bond motifs is 2. The van der Waals surface area contributed by atoms with Gasteiger partial charge in [-0.2, -0.15) is 0 Å². The molecule has 0 aliphatic carbocycles. The molecule has 0 fully saturated rings. The molecule has 4 rings (SSSR count). The molecule has 2 aromatic carbocycles. The molecule has 7 heteroatoms. The molecule has 0 bridgehead atoms. The van der Waals surface area contributed by atoms with E-state index >= 15 is 0 Å². The van der Waals surface area contributed by atoms with E-state index in [1.165, 1.54) is 6.92 Å². The fourth-order valence-electron chi connectivity index (χ4n) is 3.20. The van der Waals surface area contributed by atoms with Gasteiger partial charge in [0.05, 0.1) is 26.9 Å². The fraction of sp³-hybridized carbons (Fsp3) is 0.176. The second-order valence-corrected chi connectivity index (χ2v) is 7.53. The number of sulfone groups is 1. The molecule has 2 heterocycles. The summed E-state index contributed by atoms with van der Waals surface area (Å²) < 4.78 is 25.9. The van der Waals surface area contributed by atoms with Gasteiger partial charge in [0, 0.05) is 25.5 Å². The summed E-state index contributed by atoms with van der Waals surface area (Å²) in [6.45, 7) is 1.84. The van der Waals surface area contributed by atoms with Gasteiger partial charge in [0.2, 0.25) is 9.84 Å². The molecular weight excluding hydrogens is 328 g/mol. The van der Waals surface area contributed by atoms with Gasteiger partial charge in [-0.15, -0.1) is 0 Å². The standard InChI is InChI=1S/C17H14N2O4S/c1-11(20)23-18-13-9-10-19-14-6-2-3-7-15(14)24(21,22)16-8-4-5-12(13)17(16)19/h2-8H,9-10H2,1H3/b18-13-. The van der Waals surface area contributed by atoms with Crippen LogP contribution in [0.5, 0.6) is 0 Å². The zero-order valence-electron chi connectivity index (χ0n) is 12.9. The Morgan fingerprint density at radius 1 is 1.12 bits per heavy atom. The van der Waals surface area contributed by atoms with E-state index in [1.807, 2.05) is 11.0 Å². The molecule has 2 aromatic rings. The quantitative estimate of drug-likeness (QED) is 0.588. The van der Waals surface area contributed by atoms with Crippen LogP contribution in [0.4, 0.5) is 11.4 Å². The van der Waals surface area contributed by atoms with Crippen LogP contribution in [0, 0.1) is 0 Å². The second-order valence-electron chi connectivity index (χ2n) is 5.65. The second kappa shape index (κ2) is 5.17. The predicted octanol–water partition coefficient (Wildman–Crippen LogP) is 2.64. The Balaban J connectivity index is 1.98. The highest BCUT2D eigenvalue weighted by molar-refractivity contribution is 7.92. The number of anilines is 2. The number of hydrogen-bond donors (Lipinski definition) is 0. The smallest absolute Gasteiger partial charge is 0.331 e. The Labute approximate surface area is 139 Å². The van der Waals surface area contributed by atoms with Gasteiger partial charge >= 0.3 is 5.97 Å². The lowest BCUT2D eigenvalue weighted by Crippen LogP contribution is -2.34. The predicted molar refractivity (Wildman–Crippen MR) is 88.3 cm³/mol. The Hall–Kier alpha value is -2.67. The molecule has 0 unspecified atom stereocenters. The van der Waals surface area contributed by atoms with Crippen LogP contribution in [0.2, 0.25) is 0 Å². The Bertz CT molecular complexity index is 995. The summed E-state index contributed by atoms with van der Waals surface area (Å²) >= 11 is 0. The van der Waals surface area contributed by atoms with Crippen molar-refractivity contribution in [1.82, 2.24) is 0 Å². The third kappa shape index (κ3) is 2.05. The molecule has 0 atom stereocenters. The van der Waals surface area contributed by atoms with Gasteiger partial charge < -0.3 is 9.74 Å². The van der Waals surface area contributed by atoms with Crippen molar-refractivity contribution in [3.05, 3.63) is 48.0 Å². The van der Waals surface area contributed by atoms with E-state index in [4.69, 9.17) is 4.84 Å². The molecule has 0 amide bonds. The summed E-state index contributed by atoms with van der Waals surface area (Å²) in [5, 5.41) is 3.91. The molecule has 2 aliphatic rings. The first-order valence-electron chi connectivity index (χ1n) is 7.49. The molecule has 0 spiro atoms. The van der Waals surface area contributed by atoms with E-state index in [-0.39, 0.29) is 4.90 Å². The van der Waals surface area contributed by atoms with E-state index < -0.39 is 15.8 Å². The maximum absolute atomic E-state index is 13.0. The summed E-state index contributed by atoms with van der Waals surface area (Å²) in [6, 6.07) is 12.1. The number of carbonyl (C=O) groups is 1. The number of oxime groups is 1. The molecule has 24 heavy (non-hydrogen) atoms. The molecule has 0 radical (unpaired) electrons. The summed E-state index contributed by atoms with van der Waals surface area (Å²) in [6.07, 6.45) is 0.554. The molecule has 0 N–H and O–H groups in total. The first-order chi connectivity index (χ1) is 11.5. The van der Waals surface area contributed by atoms with Crippen molar-refractivity contribution in [3.8, 4) is 0 Å². The van der Waals surface area contributed by atoms with E-state index in [9.17, 15) is 13.2 Å². The first-order valence-corrected chi connectivity index (χ1v) is 8.98. The van der Waals surface area contributed by atoms with Crippen LogP contribution in [0.1, 0.15) is 18.9 Å². The van der Waals surface area contributed by atoms with Crippen LogP contribution in [0.25, 0.3) is 0 Å². The number of nitrogens with zero attached hydrogens (tertiary/aromatic N) is 2. The summed E-state index contributed by atoms with van der Waals surface area (Å²) in [5.74, 6) is -0.507. The SMILES string of the molecule is CC(=O)O/N=C1/CCN2c3ccccc3S(=O)(=O)c3cccc1c32. The monoisotopic (exact) mass is 342 g/mol. The largest absolute Gasteiger partial charge is 0.338 e. The molecule has 0 saturated heterocycles. The van der Waals surface area contributed by atoms with Crippen LogP contribution in [-0.2, 0) is 19.5 Å². The molecular formula is C17H14N2O4S. The average Bonchev–Trinajstić information content (AvgIpc) is 2.58. The lowest BCUT2D eigenvalue weighted by molar-refractivity contribution is -0.140. The van der Waals surface area contributed by atoms with Gasteiger partial charge in [0.25, 0.3) is 0 Å². The van der Waals surface area contributed by atoms with Gasteiger partial charge in [-0.25, -0.2) is 13.2 Å². The van der Waals surface area contributed by atoms with E-state index in [0.717, 1.165) is 0 Å². The molecule has 2 aliphatic heterocycles. The Morgan fingerprint density at radius 3 is 2.67 bits per heavy atom. The maximum Gasteiger partial charge on any atom is 0.331 e. The maximum atomic E-state index is 13.0. The Kier molecular flexibility index (Phi) is 3.21. The van der Waals surface area contributed by atoms with Gasteiger partial charge in [-0.3, -0.25) is 0 Å². The van der Waals surface area contributed by atoms with Crippen molar-refractivity contribution >= 4 is 32.9 Å². The topological polar surface area (TPSA) is 76.0 Å². The van der Waals surface area contributed by atoms with Crippen LogP contribution in [0.3, 0.4) is 0 Å². The van der Waals surface area contributed by atoms with Gasteiger partial charge in [-0.1, -0.05) is 29.4 Å². The molecule has 0 aromatic heterocycles. The summed E-state index contributed by atoms with van der Waals surface area (Å²) in [4.78, 5) is 18.4. The first kappa shape index (κ1) is 14.9. The number of carbonyl (C=O) groups excluding carboxylic acids is 1. The molecule has 0 saturated carbocycles. The van der Waals surface area contributed by atoms with Crippen molar-refractivity contribution in [2.24, 2.45) is 5.16 Å². The van der Waals surface area contributed by atoms with Crippen molar-refractivity contribution in [2.75, 3.05) is 11.4 Å². The summed E-state index contributed by atoms with van der Waals surface area (Å²) in [5.41, 5.74) is 2.53. The number of rotatable bonds is 1. The molecule has 122 valence electrons. The molecule has 6 nitrogen and oxygen atoms in total. The summed E-state index contributed by atoms with van der Waals surface area (Å²) in [7, 11) is -3.59. The lowest BCUT2D eigenvalue weighted by Gasteiger charge is -2.37. The number of hydrogen-bond acceptors (Lipinski definition) is 6. The minimum absolute atomic E-state index is 0.258. The number of para-hydroxylation sites is 2. The van der Waals surface area contributed by atoms with Crippen molar-refractivity contribution < 1.29 is 18.0 Å². The van der Waals surface area contributed by atoms with E-state index in [0.29, 0.717) is 40.5 Å². The van der Waals surface area contributed by atoms with Crippen LogP contribution in [-0.4, -0.2) is 26.6 Å². The number of benzene rings is 2. The minimum Gasteiger partial charge on any atom is -0.338 e. The van der Waals surface area contributed by atoms with Gasteiger partial charge in [0.15, 0.2) is 0 Å². The highest BCUT2D eigenvalue weighted by Gasteiger charge is 2.38. The van der Waals surface area contributed by atoms with Gasteiger partial charge in [0.1, 0.15) is 0 Å². The zero-order chi connectivity index (χ0) is 16.9. The third-order valence-corrected chi connectivity index (χ3v) is 6.00. The van der Waals surface area contributed by atoms with Gasteiger partial charge in [-0.05, 0) is 18.2 Å².